The van der Waals surface area contributed by atoms with Gasteiger partial charge in [0, 0.05) is 12.1 Å². The topological polar surface area (TPSA) is 44.5 Å². The van der Waals surface area contributed by atoms with Crippen LogP contribution in [0.5, 0.6) is 17.2 Å². The molecule has 0 aliphatic rings. The zero-order chi connectivity index (χ0) is 15.2. The molecule has 0 radical (unpaired) electrons. The monoisotopic (exact) mass is 349 g/mol. The van der Waals surface area contributed by atoms with Crippen LogP contribution in [0.15, 0.2) is 46.9 Å². The van der Waals surface area contributed by atoms with Crippen LogP contribution in [0.1, 0.15) is 19.4 Å². The molecule has 0 bridgehead atoms. The van der Waals surface area contributed by atoms with E-state index in [9.17, 15) is 0 Å². The van der Waals surface area contributed by atoms with Crippen molar-refractivity contribution in [1.82, 2.24) is 0 Å². The van der Waals surface area contributed by atoms with E-state index in [0.29, 0.717) is 6.61 Å². The van der Waals surface area contributed by atoms with Gasteiger partial charge in [0.2, 0.25) is 0 Å². The lowest BCUT2D eigenvalue weighted by Crippen LogP contribution is -2.17. The predicted molar refractivity (Wildman–Crippen MR) is 89.2 cm³/mol. The van der Waals surface area contributed by atoms with Crippen LogP contribution < -0.4 is 15.2 Å². The van der Waals surface area contributed by atoms with Crippen molar-refractivity contribution in [3.05, 3.63) is 52.5 Å². The van der Waals surface area contributed by atoms with E-state index in [-0.39, 0.29) is 6.04 Å². The molecule has 0 saturated carbocycles. The Balaban J connectivity index is 2.14. The highest BCUT2D eigenvalue weighted by atomic mass is 79.9. The number of hydrogen-bond acceptors (Lipinski definition) is 3. The van der Waals surface area contributed by atoms with Crippen molar-refractivity contribution in [3.8, 4) is 17.2 Å². The van der Waals surface area contributed by atoms with Crippen molar-refractivity contribution in [3.63, 3.8) is 0 Å². The summed E-state index contributed by atoms with van der Waals surface area (Å²) < 4.78 is 12.3. The second-order valence-corrected chi connectivity index (χ2v) is 5.81. The first kappa shape index (κ1) is 15.9. The van der Waals surface area contributed by atoms with Gasteiger partial charge in [0.05, 0.1) is 11.1 Å². The summed E-state index contributed by atoms with van der Waals surface area (Å²) in [7, 11) is 0. The zero-order valence-corrected chi connectivity index (χ0v) is 13.9. The van der Waals surface area contributed by atoms with E-state index in [0.717, 1.165) is 28.1 Å². The maximum absolute atomic E-state index is 5.90. The number of hydrogen-bond donors (Lipinski definition) is 1. The summed E-state index contributed by atoms with van der Waals surface area (Å²) in [5, 5.41) is 0. The van der Waals surface area contributed by atoms with Gasteiger partial charge in [0.1, 0.15) is 17.2 Å². The molecule has 1 atom stereocenters. The second kappa shape index (κ2) is 7.48. The Labute approximate surface area is 134 Å². The van der Waals surface area contributed by atoms with Gasteiger partial charge in [-0.2, -0.15) is 0 Å². The lowest BCUT2D eigenvalue weighted by Gasteiger charge is -2.11. The van der Waals surface area contributed by atoms with Gasteiger partial charge in [-0.05, 0) is 66.0 Å². The van der Waals surface area contributed by atoms with Gasteiger partial charge >= 0.3 is 0 Å². The van der Waals surface area contributed by atoms with Crippen LogP contribution in [0.4, 0.5) is 0 Å². The minimum Gasteiger partial charge on any atom is -0.494 e. The van der Waals surface area contributed by atoms with Crippen LogP contribution >= 0.6 is 15.9 Å². The smallest absolute Gasteiger partial charge is 0.141 e. The van der Waals surface area contributed by atoms with Crippen LogP contribution in [-0.2, 0) is 6.42 Å². The summed E-state index contributed by atoms with van der Waals surface area (Å²) in [6.45, 7) is 4.60. The molecule has 2 N–H and O–H groups in total. The Morgan fingerprint density at radius 2 is 1.90 bits per heavy atom. The highest BCUT2D eigenvalue weighted by molar-refractivity contribution is 9.10. The Morgan fingerprint density at radius 3 is 2.57 bits per heavy atom. The van der Waals surface area contributed by atoms with Crippen LogP contribution in [0.25, 0.3) is 0 Å². The maximum atomic E-state index is 5.90. The lowest BCUT2D eigenvalue weighted by molar-refractivity contribution is 0.338. The maximum Gasteiger partial charge on any atom is 0.141 e. The Hall–Kier alpha value is -1.52. The summed E-state index contributed by atoms with van der Waals surface area (Å²) in [4.78, 5) is 0. The summed E-state index contributed by atoms with van der Waals surface area (Å²) in [6.07, 6.45) is 0.846. The first-order valence-corrected chi connectivity index (χ1v) is 7.82. The fourth-order valence-electron chi connectivity index (χ4n) is 2.05. The van der Waals surface area contributed by atoms with Gasteiger partial charge in [-0.15, -0.1) is 0 Å². The molecule has 112 valence electrons. The average molecular weight is 350 g/mol. The number of nitrogens with two attached hydrogens (primary N) is 1. The summed E-state index contributed by atoms with van der Waals surface area (Å²) in [5.74, 6) is 2.33. The summed E-state index contributed by atoms with van der Waals surface area (Å²) in [6, 6.07) is 13.8. The molecule has 2 rings (SSSR count). The molecule has 0 aliphatic heterocycles. The van der Waals surface area contributed by atoms with Crippen LogP contribution in [0.3, 0.4) is 0 Å². The Morgan fingerprint density at radius 1 is 1.14 bits per heavy atom. The largest absolute Gasteiger partial charge is 0.494 e. The highest BCUT2D eigenvalue weighted by Gasteiger charge is 2.06. The van der Waals surface area contributed by atoms with E-state index >= 15 is 0 Å². The molecule has 4 heteroatoms. The molecule has 0 fully saturated rings. The zero-order valence-electron chi connectivity index (χ0n) is 12.3. The third kappa shape index (κ3) is 4.76. The van der Waals surface area contributed by atoms with Gasteiger partial charge in [-0.3, -0.25) is 0 Å². The fourth-order valence-corrected chi connectivity index (χ4v) is 2.55. The van der Waals surface area contributed by atoms with Crippen molar-refractivity contribution in [2.45, 2.75) is 26.3 Å². The molecule has 1 unspecified atom stereocenters. The van der Waals surface area contributed by atoms with E-state index < -0.39 is 0 Å². The quantitative estimate of drug-likeness (QED) is 0.833. The van der Waals surface area contributed by atoms with E-state index in [1.54, 1.807) is 0 Å². The molecule has 3 nitrogen and oxygen atoms in total. The van der Waals surface area contributed by atoms with Crippen LogP contribution in [-0.4, -0.2) is 12.6 Å². The van der Waals surface area contributed by atoms with E-state index in [1.807, 2.05) is 56.3 Å². The van der Waals surface area contributed by atoms with Gasteiger partial charge in [0.25, 0.3) is 0 Å². The highest BCUT2D eigenvalue weighted by Crippen LogP contribution is 2.32. The number of halogens is 1. The minimum atomic E-state index is 0.145. The molecule has 0 heterocycles. The average Bonchev–Trinajstić information content (AvgIpc) is 2.42. The first-order valence-electron chi connectivity index (χ1n) is 7.03. The second-order valence-electron chi connectivity index (χ2n) is 4.96. The SMILES string of the molecule is CCOc1cccc(Oc2ccc(CC(C)N)cc2Br)c1. The van der Waals surface area contributed by atoms with Crippen LogP contribution in [0.2, 0.25) is 0 Å². The number of ether oxygens (including phenoxy) is 2. The third-order valence-corrected chi connectivity index (χ3v) is 3.52. The summed E-state index contributed by atoms with van der Waals surface area (Å²) >= 11 is 3.55. The molecule has 21 heavy (non-hydrogen) atoms. The normalized spacial score (nSPS) is 12.0. The Bertz CT molecular complexity index is 599. The molecule has 2 aromatic rings. The molecule has 2 aromatic carbocycles. The van der Waals surface area contributed by atoms with Gasteiger partial charge < -0.3 is 15.2 Å². The fraction of sp³-hybridized carbons (Fsp3) is 0.294. The van der Waals surface area contributed by atoms with E-state index in [1.165, 1.54) is 5.56 Å². The molecular formula is C17H20BrNO2. The number of rotatable bonds is 6. The van der Waals surface area contributed by atoms with Crippen LogP contribution in [0, 0.1) is 0 Å². The van der Waals surface area contributed by atoms with Gasteiger partial charge in [0.15, 0.2) is 0 Å². The lowest BCUT2D eigenvalue weighted by atomic mass is 10.1. The van der Waals surface area contributed by atoms with Gasteiger partial charge in [-0.25, -0.2) is 0 Å². The number of benzene rings is 2. The molecule has 0 saturated heterocycles. The molecule has 0 aliphatic carbocycles. The molecular weight excluding hydrogens is 330 g/mol. The Kier molecular flexibility index (Phi) is 5.65. The van der Waals surface area contributed by atoms with Crippen molar-refractivity contribution in [1.29, 1.82) is 0 Å². The standard InChI is InChI=1S/C17H20BrNO2/c1-3-20-14-5-4-6-15(11-14)21-17-8-7-13(9-12(2)19)10-16(17)18/h4-8,10-12H,3,9,19H2,1-2H3. The van der Waals surface area contributed by atoms with E-state index in [2.05, 4.69) is 15.9 Å². The predicted octanol–water partition coefficient (Wildman–Crippen LogP) is 4.53. The van der Waals surface area contributed by atoms with Crippen molar-refractivity contribution in [2.75, 3.05) is 6.61 Å². The third-order valence-electron chi connectivity index (χ3n) is 2.90. The van der Waals surface area contributed by atoms with Gasteiger partial charge in [-0.1, -0.05) is 12.1 Å². The molecule has 0 amide bonds. The molecule has 0 spiro atoms. The van der Waals surface area contributed by atoms with E-state index in [4.69, 9.17) is 15.2 Å². The minimum absolute atomic E-state index is 0.145. The van der Waals surface area contributed by atoms with Crippen molar-refractivity contribution in [2.24, 2.45) is 5.73 Å². The first-order chi connectivity index (χ1) is 10.1. The molecule has 0 aromatic heterocycles. The van der Waals surface area contributed by atoms with Crippen molar-refractivity contribution < 1.29 is 9.47 Å². The van der Waals surface area contributed by atoms with Crippen molar-refractivity contribution >= 4 is 15.9 Å². The summed E-state index contributed by atoms with van der Waals surface area (Å²) in [5.41, 5.74) is 7.01.